The van der Waals surface area contributed by atoms with Gasteiger partial charge in [-0.05, 0) is 43.2 Å². The molecule has 0 aliphatic carbocycles. The van der Waals surface area contributed by atoms with Crippen molar-refractivity contribution in [3.05, 3.63) is 82.3 Å². The minimum absolute atomic E-state index is 0.0555. The van der Waals surface area contributed by atoms with Crippen molar-refractivity contribution < 1.29 is 21.6 Å². The topological polar surface area (TPSA) is 68.2 Å². The number of pyridine rings is 1. The first-order chi connectivity index (χ1) is 14.2. The summed E-state index contributed by atoms with van der Waals surface area (Å²) in [7, 11) is -3.96. The first-order valence-corrected chi connectivity index (χ1v) is 10.7. The molecule has 0 radical (unpaired) electrons. The first kappa shape index (κ1) is 20.2. The molecule has 0 spiro atoms. The highest BCUT2D eigenvalue weighted by Crippen LogP contribution is 2.36. The molecule has 1 aliphatic heterocycles. The zero-order valence-corrected chi connectivity index (χ0v) is 16.4. The molecule has 9 heteroatoms. The fourth-order valence-electron chi connectivity index (χ4n) is 3.61. The van der Waals surface area contributed by atoms with Crippen LogP contribution in [0.2, 0.25) is 0 Å². The zero-order valence-electron chi connectivity index (χ0n) is 15.6. The monoisotopic (exact) mass is 434 g/mol. The van der Waals surface area contributed by atoms with Crippen molar-refractivity contribution in [2.75, 3.05) is 5.32 Å². The molecule has 4 rings (SSSR count). The molecule has 1 aromatic heterocycles. The number of para-hydroxylation sites is 1. The maximum atomic E-state index is 13.3. The van der Waals surface area contributed by atoms with E-state index in [-0.39, 0.29) is 21.2 Å². The summed E-state index contributed by atoms with van der Waals surface area (Å²) in [6.45, 7) is 0.307. The van der Waals surface area contributed by atoms with Crippen LogP contribution in [0.5, 0.6) is 0 Å². The van der Waals surface area contributed by atoms with Gasteiger partial charge >= 0.3 is 6.18 Å². The van der Waals surface area contributed by atoms with E-state index in [2.05, 4.69) is 5.32 Å². The summed E-state index contributed by atoms with van der Waals surface area (Å²) >= 11 is 0. The van der Waals surface area contributed by atoms with Crippen molar-refractivity contribution in [3.8, 4) is 0 Å². The molecule has 30 heavy (non-hydrogen) atoms. The van der Waals surface area contributed by atoms with Crippen molar-refractivity contribution >= 4 is 21.2 Å². The Morgan fingerprint density at radius 1 is 0.933 bits per heavy atom. The van der Waals surface area contributed by atoms with Crippen molar-refractivity contribution in [1.82, 2.24) is 4.57 Å². The Balaban J connectivity index is 1.89. The predicted octanol–water partition coefficient (Wildman–Crippen LogP) is 4.39. The standard InChI is InChI=1S/C21H17F3N2O3S/c22-21(23,24)15-9-4-5-10-16(15)25-17-13-19(18-11-6-12-26(18)20(17)27)30(28,29)14-7-2-1-3-8-14/h1-5,7-10,13,25H,6,11-12H2. The Morgan fingerprint density at radius 2 is 1.60 bits per heavy atom. The number of fused-ring (bicyclic) bond motifs is 1. The van der Waals surface area contributed by atoms with Crippen molar-refractivity contribution in [2.24, 2.45) is 0 Å². The van der Waals surface area contributed by atoms with E-state index in [1.54, 1.807) is 18.2 Å². The van der Waals surface area contributed by atoms with Crippen LogP contribution >= 0.6 is 0 Å². The molecular weight excluding hydrogens is 417 g/mol. The van der Waals surface area contributed by atoms with Gasteiger partial charge in [0.2, 0.25) is 9.84 Å². The van der Waals surface area contributed by atoms with Gasteiger partial charge < -0.3 is 9.88 Å². The number of rotatable bonds is 4. The Labute approximate surface area is 170 Å². The Morgan fingerprint density at radius 3 is 2.30 bits per heavy atom. The van der Waals surface area contributed by atoms with E-state index in [0.29, 0.717) is 25.1 Å². The smallest absolute Gasteiger partial charge is 0.350 e. The Kier molecular flexibility index (Phi) is 4.93. The van der Waals surface area contributed by atoms with E-state index >= 15 is 0 Å². The zero-order chi connectivity index (χ0) is 21.5. The van der Waals surface area contributed by atoms with Gasteiger partial charge in [-0.25, -0.2) is 8.42 Å². The number of benzene rings is 2. The van der Waals surface area contributed by atoms with Crippen LogP contribution < -0.4 is 10.9 Å². The van der Waals surface area contributed by atoms with E-state index < -0.39 is 27.1 Å². The highest BCUT2D eigenvalue weighted by molar-refractivity contribution is 7.91. The average Bonchev–Trinajstić information content (AvgIpc) is 3.20. The molecular formula is C21H17F3N2O3S. The van der Waals surface area contributed by atoms with Crippen LogP contribution in [0.25, 0.3) is 0 Å². The van der Waals surface area contributed by atoms with Gasteiger partial charge in [0.25, 0.3) is 5.56 Å². The summed E-state index contributed by atoms with van der Waals surface area (Å²) in [4.78, 5) is 12.9. The van der Waals surface area contributed by atoms with Crippen LogP contribution in [0.4, 0.5) is 24.5 Å². The minimum Gasteiger partial charge on any atom is -0.350 e. The van der Waals surface area contributed by atoms with Crippen molar-refractivity contribution in [3.63, 3.8) is 0 Å². The maximum absolute atomic E-state index is 13.3. The van der Waals surface area contributed by atoms with Gasteiger partial charge in [-0.3, -0.25) is 4.79 Å². The fraction of sp³-hybridized carbons (Fsp3) is 0.190. The van der Waals surface area contributed by atoms with Crippen LogP contribution in [-0.4, -0.2) is 13.0 Å². The lowest BCUT2D eigenvalue weighted by Gasteiger charge is -2.17. The summed E-state index contributed by atoms with van der Waals surface area (Å²) in [5, 5.41) is 2.52. The highest BCUT2D eigenvalue weighted by Gasteiger charge is 2.34. The number of anilines is 2. The molecule has 3 aromatic rings. The normalized spacial score (nSPS) is 13.8. The number of sulfone groups is 1. The van der Waals surface area contributed by atoms with Crippen LogP contribution in [0, 0.1) is 0 Å². The fourth-order valence-corrected chi connectivity index (χ4v) is 5.17. The van der Waals surface area contributed by atoms with E-state index in [1.807, 2.05) is 0 Å². The van der Waals surface area contributed by atoms with Gasteiger partial charge in [-0.1, -0.05) is 30.3 Å². The number of hydrogen-bond donors (Lipinski definition) is 1. The Hall–Kier alpha value is -3.07. The number of aromatic nitrogens is 1. The quantitative estimate of drug-likeness (QED) is 0.661. The first-order valence-electron chi connectivity index (χ1n) is 9.20. The number of halogens is 3. The third-order valence-electron chi connectivity index (χ3n) is 5.00. The van der Waals surface area contributed by atoms with Gasteiger partial charge in [0.05, 0.1) is 21.0 Å². The molecule has 1 N–H and O–H groups in total. The molecule has 156 valence electrons. The highest BCUT2D eigenvalue weighted by atomic mass is 32.2. The molecule has 0 bridgehead atoms. The molecule has 0 amide bonds. The second-order valence-electron chi connectivity index (χ2n) is 6.91. The summed E-state index contributed by atoms with van der Waals surface area (Å²) < 4.78 is 67.8. The van der Waals surface area contributed by atoms with Crippen molar-refractivity contribution in [1.29, 1.82) is 0 Å². The molecule has 2 heterocycles. The van der Waals surface area contributed by atoms with Crippen molar-refractivity contribution in [2.45, 2.75) is 35.4 Å². The minimum atomic E-state index is -4.63. The molecule has 5 nitrogen and oxygen atoms in total. The molecule has 2 aromatic carbocycles. The summed E-state index contributed by atoms with van der Waals surface area (Å²) in [5.74, 6) is 0. The summed E-state index contributed by atoms with van der Waals surface area (Å²) in [6, 6.07) is 13.6. The van der Waals surface area contributed by atoms with E-state index in [4.69, 9.17) is 0 Å². The van der Waals surface area contributed by atoms with Gasteiger partial charge in [-0.15, -0.1) is 0 Å². The summed E-state index contributed by atoms with van der Waals surface area (Å²) in [5.41, 5.74) is -1.65. The van der Waals surface area contributed by atoms with E-state index in [1.165, 1.54) is 34.9 Å². The number of nitrogens with one attached hydrogen (secondary N) is 1. The molecule has 0 saturated heterocycles. The largest absolute Gasteiger partial charge is 0.418 e. The molecule has 1 aliphatic rings. The second-order valence-corrected chi connectivity index (χ2v) is 8.83. The van der Waals surface area contributed by atoms with Crippen LogP contribution in [-0.2, 0) is 29.0 Å². The summed E-state index contributed by atoms with van der Waals surface area (Å²) in [6.07, 6.45) is -3.65. The maximum Gasteiger partial charge on any atom is 0.418 e. The Bertz CT molecular complexity index is 1270. The number of alkyl halides is 3. The van der Waals surface area contributed by atoms with Crippen LogP contribution in [0.3, 0.4) is 0 Å². The molecule has 0 unspecified atom stereocenters. The third-order valence-corrected chi connectivity index (χ3v) is 6.83. The average molecular weight is 434 g/mol. The predicted molar refractivity (Wildman–Crippen MR) is 106 cm³/mol. The van der Waals surface area contributed by atoms with Gasteiger partial charge in [0.1, 0.15) is 5.69 Å². The van der Waals surface area contributed by atoms with E-state index in [9.17, 15) is 26.4 Å². The second kappa shape index (κ2) is 7.32. The lowest BCUT2D eigenvalue weighted by atomic mass is 10.1. The number of hydrogen-bond acceptors (Lipinski definition) is 4. The molecule has 0 atom stereocenters. The SMILES string of the molecule is O=c1c(Nc2ccccc2C(F)(F)F)cc(S(=O)(=O)c2ccccc2)c2n1CCC2. The van der Waals surface area contributed by atoms with Gasteiger partial charge in [0, 0.05) is 12.2 Å². The van der Waals surface area contributed by atoms with Gasteiger partial charge in [-0.2, -0.15) is 13.2 Å². The number of nitrogens with zero attached hydrogens (tertiary/aromatic N) is 1. The van der Waals surface area contributed by atoms with Crippen LogP contribution in [0.15, 0.2) is 75.2 Å². The molecule has 0 fully saturated rings. The lowest BCUT2D eigenvalue weighted by molar-refractivity contribution is -0.136. The van der Waals surface area contributed by atoms with Crippen LogP contribution in [0.1, 0.15) is 17.7 Å². The van der Waals surface area contributed by atoms with Gasteiger partial charge in [0.15, 0.2) is 0 Å². The van der Waals surface area contributed by atoms with E-state index in [0.717, 1.165) is 12.1 Å². The lowest BCUT2D eigenvalue weighted by Crippen LogP contribution is -2.25. The molecule has 0 saturated carbocycles. The third kappa shape index (κ3) is 3.49.